The molecule has 0 heterocycles. The van der Waals surface area contributed by atoms with Crippen molar-refractivity contribution in [2.75, 3.05) is 5.88 Å². The standard InChI is InChI=1S/C12H19ClO/c1-3-5-6-8-12(4-2,11-14)9-7-10-13/h1,11H,4-10H2,2H3. The van der Waals surface area contributed by atoms with Gasteiger partial charge in [-0.25, -0.2) is 0 Å². The number of halogens is 1. The SMILES string of the molecule is C#CCCCC(C=O)(CC)CCCCl. The third-order valence-electron chi connectivity index (χ3n) is 2.76. The predicted molar refractivity (Wildman–Crippen MR) is 61.4 cm³/mol. The van der Waals surface area contributed by atoms with Crippen LogP contribution in [0.25, 0.3) is 0 Å². The number of carbonyl (C=O) groups is 1. The van der Waals surface area contributed by atoms with Crippen LogP contribution in [0.5, 0.6) is 0 Å². The van der Waals surface area contributed by atoms with Crippen molar-refractivity contribution in [1.29, 1.82) is 0 Å². The van der Waals surface area contributed by atoms with Crippen molar-refractivity contribution in [2.45, 2.75) is 45.4 Å². The Kier molecular flexibility index (Phi) is 7.61. The van der Waals surface area contributed by atoms with Gasteiger partial charge in [0.15, 0.2) is 0 Å². The summed E-state index contributed by atoms with van der Waals surface area (Å²) >= 11 is 5.63. The highest BCUT2D eigenvalue weighted by Gasteiger charge is 2.26. The number of carbonyl (C=O) groups excluding carboxylic acids is 1. The van der Waals surface area contributed by atoms with E-state index < -0.39 is 0 Å². The van der Waals surface area contributed by atoms with Crippen molar-refractivity contribution < 1.29 is 4.79 Å². The van der Waals surface area contributed by atoms with Gasteiger partial charge in [0.2, 0.25) is 0 Å². The van der Waals surface area contributed by atoms with Gasteiger partial charge in [0, 0.05) is 17.7 Å². The number of unbranched alkanes of at least 4 members (excludes halogenated alkanes) is 1. The molecule has 0 aromatic heterocycles. The monoisotopic (exact) mass is 214 g/mol. The molecule has 0 fully saturated rings. The van der Waals surface area contributed by atoms with E-state index in [1.807, 2.05) is 0 Å². The van der Waals surface area contributed by atoms with Gasteiger partial charge in [-0.15, -0.1) is 23.9 Å². The first-order chi connectivity index (χ1) is 6.74. The highest BCUT2D eigenvalue weighted by atomic mass is 35.5. The second-order valence-electron chi connectivity index (χ2n) is 3.68. The number of alkyl halides is 1. The van der Waals surface area contributed by atoms with E-state index in [2.05, 4.69) is 12.8 Å². The maximum absolute atomic E-state index is 11.1. The maximum atomic E-state index is 11.1. The van der Waals surface area contributed by atoms with Crippen LogP contribution in [0.2, 0.25) is 0 Å². The van der Waals surface area contributed by atoms with Gasteiger partial charge in [-0.2, -0.15) is 0 Å². The smallest absolute Gasteiger partial charge is 0.126 e. The fourth-order valence-electron chi connectivity index (χ4n) is 1.64. The zero-order chi connectivity index (χ0) is 10.9. The summed E-state index contributed by atoms with van der Waals surface area (Å²) in [5, 5.41) is 0. The van der Waals surface area contributed by atoms with Crippen molar-refractivity contribution in [3.8, 4) is 12.3 Å². The summed E-state index contributed by atoms with van der Waals surface area (Å²) in [7, 11) is 0. The summed E-state index contributed by atoms with van der Waals surface area (Å²) in [6.07, 6.45) is 11.6. The van der Waals surface area contributed by atoms with E-state index in [9.17, 15) is 4.79 Å². The van der Waals surface area contributed by atoms with Gasteiger partial charge < -0.3 is 4.79 Å². The molecule has 0 saturated carbocycles. The van der Waals surface area contributed by atoms with Crippen LogP contribution in [0.4, 0.5) is 0 Å². The van der Waals surface area contributed by atoms with Crippen molar-refractivity contribution >= 4 is 17.9 Å². The Morgan fingerprint density at radius 3 is 2.50 bits per heavy atom. The molecule has 1 unspecified atom stereocenters. The van der Waals surface area contributed by atoms with Crippen LogP contribution in [0.15, 0.2) is 0 Å². The van der Waals surface area contributed by atoms with Gasteiger partial charge >= 0.3 is 0 Å². The predicted octanol–water partition coefficient (Wildman–Crippen LogP) is 3.40. The highest BCUT2D eigenvalue weighted by Crippen LogP contribution is 2.31. The van der Waals surface area contributed by atoms with Crippen LogP contribution in [0.1, 0.15) is 45.4 Å². The lowest BCUT2D eigenvalue weighted by Crippen LogP contribution is -2.21. The Morgan fingerprint density at radius 2 is 2.07 bits per heavy atom. The van der Waals surface area contributed by atoms with Gasteiger partial charge in [0.05, 0.1) is 0 Å². The summed E-state index contributed by atoms with van der Waals surface area (Å²) < 4.78 is 0. The summed E-state index contributed by atoms with van der Waals surface area (Å²) in [4.78, 5) is 11.1. The molecule has 0 spiro atoms. The lowest BCUT2D eigenvalue weighted by atomic mass is 9.78. The number of terminal acetylenes is 1. The zero-order valence-electron chi connectivity index (χ0n) is 8.89. The van der Waals surface area contributed by atoms with Crippen LogP contribution in [0, 0.1) is 17.8 Å². The minimum absolute atomic E-state index is 0.175. The number of rotatable bonds is 8. The van der Waals surface area contributed by atoms with Crippen molar-refractivity contribution in [2.24, 2.45) is 5.41 Å². The zero-order valence-corrected chi connectivity index (χ0v) is 9.65. The Bertz CT molecular complexity index is 195. The van der Waals surface area contributed by atoms with E-state index in [1.165, 1.54) is 0 Å². The second kappa shape index (κ2) is 7.88. The molecule has 1 nitrogen and oxygen atoms in total. The van der Waals surface area contributed by atoms with Crippen LogP contribution < -0.4 is 0 Å². The first-order valence-corrected chi connectivity index (χ1v) is 5.74. The molecule has 1 atom stereocenters. The molecule has 0 rings (SSSR count). The van der Waals surface area contributed by atoms with Gasteiger partial charge in [-0.05, 0) is 32.1 Å². The summed E-state index contributed by atoms with van der Waals surface area (Å²) in [5.74, 6) is 3.23. The molecule has 80 valence electrons. The molecule has 0 aliphatic rings. The number of aldehydes is 1. The number of hydrogen-bond acceptors (Lipinski definition) is 1. The van der Waals surface area contributed by atoms with Crippen molar-refractivity contribution in [1.82, 2.24) is 0 Å². The normalized spacial score (nSPS) is 14.4. The molecule has 14 heavy (non-hydrogen) atoms. The van der Waals surface area contributed by atoms with Gasteiger partial charge in [-0.3, -0.25) is 0 Å². The van der Waals surface area contributed by atoms with E-state index in [-0.39, 0.29) is 5.41 Å². The van der Waals surface area contributed by atoms with Crippen LogP contribution >= 0.6 is 11.6 Å². The van der Waals surface area contributed by atoms with Crippen molar-refractivity contribution in [3.05, 3.63) is 0 Å². The van der Waals surface area contributed by atoms with E-state index in [0.29, 0.717) is 5.88 Å². The quantitative estimate of drug-likeness (QED) is 0.262. The average molecular weight is 215 g/mol. The first kappa shape index (κ1) is 13.5. The topological polar surface area (TPSA) is 17.1 Å². The molecule has 0 N–H and O–H groups in total. The van der Waals surface area contributed by atoms with E-state index in [0.717, 1.165) is 44.8 Å². The molecule has 0 aromatic carbocycles. The molecule has 0 aromatic rings. The molecule has 0 aliphatic carbocycles. The van der Waals surface area contributed by atoms with E-state index >= 15 is 0 Å². The highest BCUT2D eigenvalue weighted by molar-refractivity contribution is 6.17. The van der Waals surface area contributed by atoms with Crippen LogP contribution in [0.3, 0.4) is 0 Å². The van der Waals surface area contributed by atoms with Crippen LogP contribution in [-0.4, -0.2) is 12.2 Å². The fraction of sp³-hybridized carbons (Fsp3) is 0.750. The third kappa shape index (κ3) is 4.67. The van der Waals surface area contributed by atoms with Gasteiger partial charge in [0.1, 0.15) is 6.29 Å². The van der Waals surface area contributed by atoms with Gasteiger partial charge in [-0.1, -0.05) is 6.92 Å². The largest absolute Gasteiger partial charge is 0.303 e. The fourth-order valence-corrected chi connectivity index (χ4v) is 1.77. The summed E-state index contributed by atoms with van der Waals surface area (Å²) in [6, 6.07) is 0. The molecule has 0 saturated heterocycles. The number of hydrogen-bond donors (Lipinski definition) is 0. The van der Waals surface area contributed by atoms with Crippen molar-refractivity contribution in [3.63, 3.8) is 0 Å². The Labute approximate surface area is 92.2 Å². The lowest BCUT2D eigenvalue weighted by Gasteiger charge is -2.25. The van der Waals surface area contributed by atoms with E-state index in [1.54, 1.807) is 0 Å². The maximum Gasteiger partial charge on any atom is 0.126 e. The molecule has 0 radical (unpaired) electrons. The molecule has 0 bridgehead atoms. The minimum Gasteiger partial charge on any atom is -0.303 e. The van der Waals surface area contributed by atoms with E-state index in [4.69, 9.17) is 18.0 Å². The third-order valence-corrected chi connectivity index (χ3v) is 3.03. The summed E-state index contributed by atoms with van der Waals surface area (Å²) in [6.45, 7) is 2.05. The lowest BCUT2D eigenvalue weighted by molar-refractivity contribution is -0.117. The second-order valence-corrected chi connectivity index (χ2v) is 4.06. The van der Waals surface area contributed by atoms with Crippen LogP contribution in [-0.2, 0) is 4.79 Å². The first-order valence-electron chi connectivity index (χ1n) is 5.20. The Hall–Kier alpha value is -0.480. The minimum atomic E-state index is -0.175. The van der Waals surface area contributed by atoms with Gasteiger partial charge in [0.25, 0.3) is 0 Å². The Balaban J connectivity index is 4.08. The average Bonchev–Trinajstić information content (AvgIpc) is 2.24. The Morgan fingerprint density at radius 1 is 1.43 bits per heavy atom. The molecular formula is C12H19ClO. The molecule has 0 aliphatic heterocycles. The summed E-state index contributed by atoms with van der Waals surface area (Å²) in [5.41, 5.74) is -0.175. The molecule has 2 heteroatoms. The molecular weight excluding hydrogens is 196 g/mol. The molecule has 0 amide bonds.